The molecule has 4 nitrogen and oxygen atoms in total. The molecule has 0 spiro atoms. The molecule has 1 atom stereocenters. The number of fused-ring (bicyclic) bond motifs is 1. The molecule has 2 aromatic rings. The number of carbonyl (C=O) groups excluding carboxylic acids is 1. The SMILES string of the molecule is O=C(CC1COCCN1)N1CCC(c2cccc3ccccc23)CC1. The Bertz CT molecular complexity index is 726. The fourth-order valence-electron chi connectivity index (χ4n) is 4.14. The minimum atomic E-state index is 0.178. The number of ether oxygens (including phenoxy) is 1. The number of nitrogens with zero attached hydrogens (tertiary/aromatic N) is 1. The summed E-state index contributed by atoms with van der Waals surface area (Å²) in [5.41, 5.74) is 1.44. The summed E-state index contributed by atoms with van der Waals surface area (Å²) in [6, 6.07) is 15.4. The molecule has 2 aliphatic rings. The van der Waals surface area contributed by atoms with Crippen LogP contribution in [0.5, 0.6) is 0 Å². The molecular formula is C21H26N2O2. The van der Waals surface area contributed by atoms with Gasteiger partial charge in [0.25, 0.3) is 0 Å². The van der Waals surface area contributed by atoms with Crippen LogP contribution in [0.25, 0.3) is 10.8 Å². The normalized spacial score (nSPS) is 22.2. The summed E-state index contributed by atoms with van der Waals surface area (Å²) in [5.74, 6) is 0.811. The smallest absolute Gasteiger partial charge is 0.224 e. The van der Waals surface area contributed by atoms with Crippen LogP contribution >= 0.6 is 0 Å². The number of piperidine rings is 1. The summed E-state index contributed by atoms with van der Waals surface area (Å²) in [6.45, 7) is 3.97. The Morgan fingerprint density at radius 3 is 2.72 bits per heavy atom. The maximum Gasteiger partial charge on any atom is 0.224 e. The second-order valence-electron chi connectivity index (χ2n) is 7.15. The van der Waals surface area contributed by atoms with Crippen LogP contribution in [-0.4, -0.2) is 49.7 Å². The molecule has 2 aromatic carbocycles. The molecule has 1 N–H and O–H groups in total. The number of benzene rings is 2. The number of carbonyl (C=O) groups is 1. The Labute approximate surface area is 149 Å². The van der Waals surface area contributed by atoms with Crippen LogP contribution < -0.4 is 5.32 Å². The van der Waals surface area contributed by atoms with E-state index in [-0.39, 0.29) is 11.9 Å². The van der Waals surface area contributed by atoms with E-state index in [9.17, 15) is 4.79 Å². The third-order valence-corrected chi connectivity index (χ3v) is 5.53. The Hall–Kier alpha value is -1.91. The lowest BCUT2D eigenvalue weighted by Gasteiger charge is -2.34. The molecule has 1 amide bonds. The van der Waals surface area contributed by atoms with E-state index in [0.29, 0.717) is 18.9 Å². The van der Waals surface area contributed by atoms with Crippen molar-refractivity contribution >= 4 is 16.7 Å². The van der Waals surface area contributed by atoms with Crippen LogP contribution in [0.4, 0.5) is 0 Å². The zero-order valence-electron chi connectivity index (χ0n) is 14.6. The number of likely N-dealkylation sites (tertiary alicyclic amines) is 1. The first kappa shape index (κ1) is 16.6. The average molecular weight is 338 g/mol. The van der Waals surface area contributed by atoms with Gasteiger partial charge in [0.1, 0.15) is 0 Å². The second-order valence-corrected chi connectivity index (χ2v) is 7.15. The summed E-state index contributed by atoms with van der Waals surface area (Å²) in [5, 5.41) is 6.04. The maximum absolute atomic E-state index is 12.6. The predicted molar refractivity (Wildman–Crippen MR) is 99.7 cm³/mol. The molecule has 0 radical (unpaired) electrons. The molecule has 25 heavy (non-hydrogen) atoms. The van der Waals surface area contributed by atoms with Crippen molar-refractivity contribution in [2.75, 3.05) is 32.8 Å². The van der Waals surface area contributed by atoms with Crippen LogP contribution in [-0.2, 0) is 9.53 Å². The van der Waals surface area contributed by atoms with Crippen LogP contribution in [0.1, 0.15) is 30.7 Å². The quantitative estimate of drug-likeness (QED) is 0.936. The second kappa shape index (κ2) is 7.54. The zero-order valence-corrected chi connectivity index (χ0v) is 14.6. The topological polar surface area (TPSA) is 41.6 Å². The average Bonchev–Trinajstić information content (AvgIpc) is 2.68. The zero-order chi connectivity index (χ0) is 17.1. The highest BCUT2D eigenvalue weighted by molar-refractivity contribution is 5.86. The van der Waals surface area contributed by atoms with Crippen molar-refractivity contribution in [2.45, 2.75) is 31.2 Å². The third kappa shape index (κ3) is 3.70. The molecule has 2 heterocycles. The van der Waals surface area contributed by atoms with Crippen molar-refractivity contribution in [2.24, 2.45) is 0 Å². The minimum Gasteiger partial charge on any atom is -0.378 e. The summed E-state index contributed by atoms with van der Waals surface area (Å²) in [7, 11) is 0. The maximum atomic E-state index is 12.6. The highest BCUT2D eigenvalue weighted by atomic mass is 16.5. The van der Waals surface area contributed by atoms with Crippen molar-refractivity contribution in [1.82, 2.24) is 10.2 Å². The van der Waals surface area contributed by atoms with Crippen molar-refractivity contribution in [3.05, 3.63) is 48.0 Å². The minimum absolute atomic E-state index is 0.178. The third-order valence-electron chi connectivity index (χ3n) is 5.53. The summed E-state index contributed by atoms with van der Waals surface area (Å²) >= 11 is 0. The fourth-order valence-corrected chi connectivity index (χ4v) is 4.14. The molecule has 0 aromatic heterocycles. The summed E-state index contributed by atoms with van der Waals surface area (Å²) in [4.78, 5) is 14.6. The molecule has 0 saturated carbocycles. The van der Waals surface area contributed by atoms with E-state index in [2.05, 4.69) is 47.8 Å². The van der Waals surface area contributed by atoms with E-state index in [4.69, 9.17) is 4.74 Å². The molecule has 0 aliphatic carbocycles. The lowest BCUT2D eigenvalue weighted by Crippen LogP contribution is -2.46. The Morgan fingerprint density at radius 2 is 1.92 bits per heavy atom. The van der Waals surface area contributed by atoms with E-state index >= 15 is 0 Å². The Balaban J connectivity index is 1.38. The van der Waals surface area contributed by atoms with E-state index in [1.54, 1.807) is 0 Å². The van der Waals surface area contributed by atoms with Gasteiger partial charge in [-0.2, -0.15) is 0 Å². The molecule has 4 heteroatoms. The summed E-state index contributed by atoms with van der Waals surface area (Å²) in [6.07, 6.45) is 2.65. The Morgan fingerprint density at radius 1 is 1.12 bits per heavy atom. The van der Waals surface area contributed by atoms with Crippen LogP contribution in [0.2, 0.25) is 0 Å². The van der Waals surface area contributed by atoms with Gasteiger partial charge in [-0.25, -0.2) is 0 Å². The molecule has 132 valence electrons. The number of hydrogen-bond acceptors (Lipinski definition) is 3. The lowest BCUT2D eigenvalue weighted by molar-refractivity contribution is -0.133. The van der Waals surface area contributed by atoms with Crippen LogP contribution in [0.15, 0.2) is 42.5 Å². The molecule has 2 fully saturated rings. The highest BCUT2D eigenvalue weighted by Crippen LogP contribution is 2.33. The van der Waals surface area contributed by atoms with Gasteiger partial charge in [-0.3, -0.25) is 4.79 Å². The number of rotatable bonds is 3. The van der Waals surface area contributed by atoms with E-state index in [0.717, 1.165) is 39.1 Å². The van der Waals surface area contributed by atoms with Gasteiger partial charge < -0.3 is 15.0 Å². The molecule has 0 bridgehead atoms. The van der Waals surface area contributed by atoms with Crippen molar-refractivity contribution in [3.8, 4) is 0 Å². The molecule has 1 unspecified atom stereocenters. The first-order valence-electron chi connectivity index (χ1n) is 9.38. The van der Waals surface area contributed by atoms with Gasteiger partial charge in [-0.15, -0.1) is 0 Å². The van der Waals surface area contributed by atoms with Crippen molar-refractivity contribution < 1.29 is 9.53 Å². The van der Waals surface area contributed by atoms with Gasteiger partial charge in [-0.1, -0.05) is 42.5 Å². The van der Waals surface area contributed by atoms with Gasteiger partial charge in [-0.05, 0) is 35.1 Å². The first-order valence-corrected chi connectivity index (χ1v) is 9.38. The summed E-state index contributed by atoms with van der Waals surface area (Å²) < 4.78 is 5.45. The van der Waals surface area contributed by atoms with Crippen LogP contribution in [0.3, 0.4) is 0 Å². The van der Waals surface area contributed by atoms with Gasteiger partial charge in [0.15, 0.2) is 0 Å². The number of hydrogen-bond donors (Lipinski definition) is 1. The van der Waals surface area contributed by atoms with Crippen molar-refractivity contribution in [1.29, 1.82) is 0 Å². The van der Waals surface area contributed by atoms with Gasteiger partial charge in [0, 0.05) is 32.1 Å². The number of morpholine rings is 1. The van der Waals surface area contributed by atoms with E-state index < -0.39 is 0 Å². The van der Waals surface area contributed by atoms with E-state index in [1.165, 1.54) is 16.3 Å². The Kier molecular flexibility index (Phi) is 4.99. The van der Waals surface area contributed by atoms with Crippen molar-refractivity contribution in [3.63, 3.8) is 0 Å². The number of amides is 1. The van der Waals surface area contributed by atoms with Crippen LogP contribution in [0, 0.1) is 0 Å². The van der Waals surface area contributed by atoms with Gasteiger partial charge >= 0.3 is 0 Å². The molecular weight excluding hydrogens is 312 g/mol. The monoisotopic (exact) mass is 338 g/mol. The van der Waals surface area contributed by atoms with Gasteiger partial charge in [0.05, 0.1) is 13.2 Å². The van der Waals surface area contributed by atoms with Gasteiger partial charge in [0.2, 0.25) is 5.91 Å². The largest absolute Gasteiger partial charge is 0.378 e. The number of nitrogens with one attached hydrogen (secondary N) is 1. The standard InChI is InChI=1S/C21H26N2O2/c24-21(14-18-15-25-13-10-22-18)23-11-8-17(9-12-23)20-7-3-5-16-4-1-2-6-19(16)20/h1-7,17-18,22H,8-15H2. The highest BCUT2D eigenvalue weighted by Gasteiger charge is 2.26. The molecule has 2 aliphatic heterocycles. The molecule has 4 rings (SSSR count). The first-order chi connectivity index (χ1) is 12.3. The predicted octanol–water partition coefficient (Wildman–Crippen LogP) is 2.92. The lowest BCUT2D eigenvalue weighted by atomic mass is 9.86. The van der Waals surface area contributed by atoms with E-state index in [1.807, 2.05) is 4.90 Å². The fraction of sp³-hybridized carbons (Fsp3) is 0.476. The molecule has 2 saturated heterocycles.